The highest BCUT2D eigenvalue weighted by Crippen LogP contribution is 2.49. The van der Waals surface area contributed by atoms with E-state index in [1.54, 1.807) is 30.3 Å². The first-order valence-electron chi connectivity index (χ1n) is 9.25. The molecule has 2 bridgehead atoms. The highest BCUT2D eigenvalue weighted by Gasteiger charge is 2.47. The van der Waals surface area contributed by atoms with Crippen molar-refractivity contribution in [1.29, 1.82) is 0 Å². The van der Waals surface area contributed by atoms with Crippen LogP contribution in [-0.4, -0.2) is 26.3 Å². The van der Waals surface area contributed by atoms with Gasteiger partial charge in [0.1, 0.15) is 21.6 Å². The number of phenols is 1. The quantitative estimate of drug-likeness (QED) is 0.581. The molecule has 27 heavy (non-hydrogen) atoms. The molecule has 1 amide bonds. The third kappa shape index (κ3) is 3.01. The average Bonchev–Trinajstić information content (AvgIpc) is 3.42. The Bertz CT molecular complexity index is 947. The molecule has 1 aliphatic heterocycles. The molecule has 1 aromatic carbocycles. The molecule has 2 saturated carbocycles. The third-order valence-corrected chi connectivity index (χ3v) is 7.24. The number of carbonyl (C=O) groups excluding carboxylic acids is 1. The predicted molar refractivity (Wildman–Crippen MR) is 110 cm³/mol. The number of thiocarbonyl (C=S) groups is 1. The van der Waals surface area contributed by atoms with E-state index in [1.807, 2.05) is 17.0 Å². The van der Waals surface area contributed by atoms with Crippen LogP contribution >= 0.6 is 24.0 Å². The van der Waals surface area contributed by atoms with E-state index in [1.165, 1.54) is 31.0 Å². The summed E-state index contributed by atoms with van der Waals surface area (Å²) in [6, 6.07) is 10.8. The number of amides is 1. The molecular weight excluding hydrogens is 378 g/mol. The number of benzene rings is 1. The normalized spacial score (nSPS) is 28.7. The number of hydrogen-bond donors (Lipinski definition) is 1. The molecule has 3 unspecified atom stereocenters. The topological polar surface area (TPSA) is 53.7 Å². The summed E-state index contributed by atoms with van der Waals surface area (Å²) in [5, 5.41) is 9.41. The standard InChI is InChI=1S/C21H19NO3S2/c23-15-5-3-13(4-6-15)18-8-7-16(25-18)11-19-20(24)22(21(26)27-19)17-10-12-1-2-14(17)9-12/h3-8,11-12,14,17,23H,1-2,9-10H2/b19-11-. The smallest absolute Gasteiger partial charge is 0.266 e. The highest BCUT2D eigenvalue weighted by molar-refractivity contribution is 8.26. The summed E-state index contributed by atoms with van der Waals surface area (Å²) in [7, 11) is 0. The van der Waals surface area contributed by atoms with Gasteiger partial charge in [-0.2, -0.15) is 0 Å². The largest absolute Gasteiger partial charge is 0.508 e. The van der Waals surface area contributed by atoms with Gasteiger partial charge in [0.2, 0.25) is 0 Å². The van der Waals surface area contributed by atoms with Crippen LogP contribution in [-0.2, 0) is 4.79 Å². The van der Waals surface area contributed by atoms with Crippen LogP contribution in [0.3, 0.4) is 0 Å². The van der Waals surface area contributed by atoms with Gasteiger partial charge in [0.05, 0.1) is 4.91 Å². The Morgan fingerprint density at radius 2 is 1.96 bits per heavy atom. The van der Waals surface area contributed by atoms with Crippen molar-refractivity contribution in [2.75, 3.05) is 0 Å². The van der Waals surface area contributed by atoms with Gasteiger partial charge >= 0.3 is 0 Å². The number of rotatable bonds is 3. The van der Waals surface area contributed by atoms with Crippen LogP contribution in [0.15, 0.2) is 45.7 Å². The van der Waals surface area contributed by atoms with Crippen molar-refractivity contribution in [2.24, 2.45) is 11.8 Å². The van der Waals surface area contributed by atoms with Crippen LogP contribution in [0.1, 0.15) is 31.4 Å². The van der Waals surface area contributed by atoms with E-state index in [0.717, 1.165) is 17.9 Å². The predicted octanol–water partition coefficient (Wildman–Crippen LogP) is 5.04. The molecule has 1 aromatic heterocycles. The van der Waals surface area contributed by atoms with E-state index in [0.29, 0.717) is 26.7 Å². The number of thioether (sulfide) groups is 1. The van der Waals surface area contributed by atoms with Crippen molar-refractivity contribution >= 4 is 40.3 Å². The SMILES string of the molecule is O=C1/C(=C/c2ccc(-c3ccc(O)cc3)o2)SC(=S)N1C1CC2CCC1C2. The van der Waals surface area contributed by atoms with E-state index < -0.39 is 0 Å². The number of carbonyl (C=O) groups is 1. The summed E-state index contributed by atoms with van der Waals surface area (Å²) in [5.74, 6) is 2.95. The Hall–Kier alpha value is -2.05. The van der Waals surface area contributed by atoms with Crippen molar-refractivity contribution in [3.63, 3.8) is 0 Å². The molecule has 3 aliphatic rings. The monoisotopic (exact) mass is 397 g/mol. The lowest BCUT2D eigenvalue weighted by atomic mass is 9.94. The number of fused-ring (bicyclic) bond motifs is 2. The average molecular weight is 398 g/mol. The summed E-state index contributed by atoms with van der Waals surface area (Å²) in [6.45, 7) is 0. The van der Waals surface area contributed by atoms with E-state index in [-0.39, 0.29) is 17.7 Å². The van der Waals surface area contributed by atoms with Crippen LogP contribution < -0.4 is 0 Å². The summed E-state index contributed by atoms with van der Waals surface area (Å²) in [5.41, 5.74) is 0.877. The first kappa shape index (κ1) is 17.1. The van der Waals surface area contributed by atoms with Gasteiger partial charge in [0, 0.05) is 17.7 Å². The zero-order chi connectivity index (χ0) is 18.5. The van der Waals surface area contributed by atoms with Gasteiger partial charge < -0.3 is 9.52 Å². The molecular formula is C21H19NO3S2. The van der Waals surface area contributed by atoms with Crippen LogP contribution in [0.4, 0.5) is 0 Å². The van der Waals surface area contributed by atoms with Gasteiger partial charge in [-0.25, -0.2) is 0 Å². The fraction of sp³-hybridized carbons (Fsp3) is 0.333. The van der Waals surface area contributed by atoms with E-state index >= 15 is 0 Å². The van der Waals surface area contributed by atoms with Crippen LogP contribution in [0.25, 0.3) is 17.4 Å². The van der Waals surface area contributed by atoms with Gasteiger partial charge in [-0.1, -0.05) is 30.4 Å². The lowest BCUT2D eigenvalue weighted by Crippen LogP contribution is -2.41. The molecule has 0 spiro atoms. The Morgan fingerprint density at radius 1 is 1.15 bits per heavy atom. The minimum absolute atomic E-state index is 0.0186. The maximum atomic E-state index is 13.0. The molecule has 1 N–H and O–H groups in total. The van der Waals surface area contributed by atoms with Gasteiger partial charge in [0.15, 0.2) is 0 Å². The number of phenolic OH excluding ortho intramolecular Hbond substituents is 1. The van der Waals surface area contributed by atoms with Gasteiger partial charge in [-0.3, -0.25) is 9.69 Å². The Balaban J connectivity index is 1.37. The molecule has 1 saturated heterocycles. The van der Waals surface area contributed by atoms with Crippen LogP contribution in [0, 0.1) is 11.8 Å². The fourth-order valence-corrected chi connectivity index (χ4v) is 5.99. The molecule has 3 fully saturated rings. The van der Waals surface area contributed by atoms with Crippen molar-refractivity contribution in [3.05, 3.63) is 47.1 Å². The number of furan rings is 1. The van der Waals surface area contributed by atoms with E-state index in [9.17, 15) is 9.90 Å². The maximum absolute atomic E-state index is 13.0. The maximum Gasteiger partial charge on any atom is 0.266 e. The molecule has 0 radical (unpaired) electrons. The first-order chi connectivity index (χ1) is 13.1. The van der Waals surface area contributed by atoms with Crippen molar-refractivity contribution in [2.45, 2.75) is 31.7 Å². The lowest BCUT2D eigenvalue weighted by Gasteiger charge is -2.30. The van der Waals surface area contributed by atoms with Gasteiger partial charge in [-0.05, 0) is 67.5 Å². The molecule has 2 aliphatic carbocycles. The van der Waals surface area contributed by atoms with Crippen molar-refractivity contribution in [3.8, 4) is 17.1 Å². The van der Waals surface area contributed by atoms with Crippen molar-refractivity contribution in [1.82, 2.24) is 4.90 Å². The van der Waals surface area contributed by atoms with Crippen LogP contribution in [0.2, 0.25) is 0 Å². The van der Waals surface area contributed by atoms with Crippen LogP contribution in [0.5, 0.6) is 5.75 Å². The second kappa shape index (κ2) is 6.53. The summed E-state index contributed by atoms with van der Waals surface area (Å²) in [6.07, 6.45) is 6.65. The first-order valence-corrected chi connectivity index (χ1v) is 10.5. The Labute approximate surface area is 167 Å². The molecule has 2 heterocycles. The number of nitrogens with zero attached hydrogens (tertiary/aromatic N) is 1. The molecule has 4 nitrogen and oxygen atoms in total. The van der Waals surface area contributed by atoms with E-state index in [4.69, 9.17) is 16.6 Å². The van der Waals surface area contributed by atoms with Gasteiger partial charge in [0.25, 0.3) is 5.91 Å². The molecule has 138 valence electrons. The summed E-state index contributed by atoms with van der Waals surface area (Å²) < 4.78 is 6.55. The zero-order valence-electron chi connectivity index (χ0n) is 14.6. The number of hydrogen-bond acceptors (Lipinski definition) is 5. The Morgan fingerprint density at radius 3 is 2.67 bits per heavy atom. The van der Waals surface area contributed by atoms with Gasteiger partial charge in [-0.15, -0.1) is 0 Å². The minimum atomic E-state index is 0.0186. The minimum Gasteiger partial charge on any atom is -0.508 e. The third-order valence-electron chi connectivity index (χ3n) is 5.91. The lowest BCUT2D eigenvalue weighted by molar-refractivity contribution is -0.124. The second-order valence-corrected chi connectivity index (χ2v) is 9.22. The summed E-state index contributed by atoms with van der Waals surface area (Å²) in [4.78, 5) is 15.5. The highest BCUT2D eigenvalue weighted by atomic mass is 32.2. The molecule has 2 aromatic rings. The molecule has 3 atom stereocenters. The molecule has 5 rings (SSSR count). The number of aromatic hydroxyl groups is 1. The van der Waals surface area contributed by atoms with Crippen molar-refractivity contribution < 1.29 is 14.3 Å². The Kier molecular flexibility index (Phi) is 4.13. The molecule has 6 heteroatoms. The van der Waals surface area contributed by atoms with E-state index in [2.05, 4.69) is 0 Å². The zero-order valence-corrected chi connectivity index (χ0v) is 16.3. The summed E-state index contributed by atoms with van der Waals surface area (Å²) >= 11 is 6.90. The fourth-order valence-electron chi connectivity index (χ4n) is 4.63. The second-order valence-electron chi connectivity index (χ2n) is 7.54.